The molecule has 3 heteroatoms. The van der Waals surface area contributed by atoms with Crippen LogP contribution < -0.4 is 0 Å². The molecule has 31 valence electrons. The van der Waals surface area contributed by atoms with Crippen molar-refractivity contribution in [3.63, 3.8) is 0 Å². The van der Waals surface area contributed by atoms with Gasteiger partial charge in [-0.1, -0.05) is 0 Å². The minimum atomic E-state index is -0.843. The zero-order valence-electron chi connectivity index (χ0n) is 3.14. The summed E-state index contributed by atoms with van der Waals surface area (Å²) in [5, 5.41) is 0. The van der Waals surface area contributed by atoms with Crippen LogP contribution in [0, 0.1) is 6.58 Å². The van der Waals surface area contributed by atoms with Crippen LogP contribution in [0.2, 0.25) is 0 Å². The first kappa shape index (κ1) is 9.58. The molecule has 0 aliphatic heterocycles. The van der Waals surface area contributed by atoms with Crippen LogP contribution in [-0.4, -0.2) is 5.91 Å². The number of rotatable bonds is 1. The van der Waals surface area contributed by atoms with Gasteiger partial charge in [0.15, 0.2) is 0 Å². The van der Waals surface area contributed by atoms with Crippen molar-refractivity contribution in [3.05, 3.63) is 18.4 Å². The second-order valence-electron chi connectivity index (χ2n) is 0.531. The summed E-state index contributed by atoms with van der Waals surface area (Å²) in [6.07, 6.45) is 0.694. The van der Waals surface area contributed by atoms with E-state index in [0.29, 0.717) is 6.08 Å². The van der Waals surface area contributed by atoms with Crippen molar-refractivity contribution >= 4 is 5.91 Å². The largest absolute Gasteiger partial charge is 0.752 e. The Labute approximate surface area is 61.7 Å². The Kier molecular flexibility index (Phi) is 8.48. The van der Waals surface area contributed by atoms with Gasteiger partial charge in [0.1, 0.15) is 0 Å². The predicted molar refractivity (Wildman–Crippen MR) is 18.2 cm³/mol. The van der Waals surface area contributed by atoms with Crippen molar-refractivity contribution in [2.75, 3.05) is 0 Å². The summed E-state index contributed by atoms with van der Waals surface area (Å²) in [5.41, 5.74) is 6.01. The van der Waals surface area contributed by atoms with Crippen LogP contribution in [0.1, 0.15) is 0 Å². The molecule has 0 heterocycles. The van der Waals surface area contributed by atoms with Gasteiger partial charge in [0.2, 0.25) is 0 Å². The van der Waals surface area contributed by atoms with Crippen LogP contribution in [0.5, 0.6) is 0 Å². The van der Waals surface area contributed by atoms with Crippen molar-refractivity contribution in [2.24, 2.45) is 0 Å². The average Bonchev–Trinajstić information content (AvgIpc) is 1.38. The van der Waals surface area contributed by atoms with Gasteiger partial charge in [-0.25, -0.2) is 6.08 Å². The topological polar surface area (TPSA) is 40.9 Å². The molecule has 0 aliphatic rings. The second-order valence-corrected chi connectivity index (χ2v) is 0.531. The quantitative estimate of drug-likeness (QED) is 0.405. The number of amides is 1. The Balaban J connectivity index is 0. The molecule has 1 N–H and O–H groups in total. The number of carbonyl (C=O) groups excluding carboxylic acids is 1. The number of nitrogens with one attached hydrogen (secondary N) is 1. The molecule has 0 aromatic heterocycles. The smallest absolute Gasteiger partial charge is 0 e. The van der Waals surface area contributed by atoms with E-state index in [9.17, 15) is 4.79 Å². The maximum Gasteiger partial charge on any atom is 0 e. The van der Waals surface area contributed by atoms with Gasteiger partial charge in [-0.05, 0) is 0 Å². The molecule has 0 bridgehead atoms. The second kappa shape index (κ2) is 5.31. The molecule has 2 nitrogen and oxygen atoms in total. The molecule has 0 fully saturated rings. The Bertz CT molecular complexity index is 61.8. The zero-order valence-corrected chi connectivity index (χ0v) is 5.98. The third kappa shape index (κ3) is 8.85. The van der Waals surface area contributed by atoms with E-state index in [1.807, 2.05) is 0 Å². The van der Waals surface area contributed by atoms with E-state index in [4.69, 9.17) is 5.73 Å². The Hall–Kier alpha value is 0.314. The number of hydrogen-bond acceptors (Lipinski definition) is 1. The molecule has 0 aliphatic carbocycles. The Morgan fingerprint density at radius 3 is 2.00 bits per heavy atom. The molecule has 6 heavy (non-hydrogen) atoms. The van der Waals surface area contributed by atoms with Crippen molar-refractivity contribution in [1.82, 2.24) is 0 Å². The molecule has 0 saturated heterocycles. The van der Waals surface area contributed by atoms with E-state index in [0.717, 1.165) is 0 Å². The fourth-order valence-electron chi connectivity index (χ4n) is 0. The van der Waals surface area contributed by atoms with Gasteiger partial charge in [-0.15, -0.1) is 5.91 Å². The monoisotopic (exact) mass is 158 g/mol. The Morgan fingerprint density at radius 1 is 1.83 bits per heavy atom. The first-order chi connectivity index (χ1) is 2.27. The number of carbonyl (C=O) groups is 1. The van der Waals surface area contributed by atoms with Crippen LogP contribution >= 0.6 is 0 Å². The van der Waals surface area contributed by atoms with E-state index in [2.05, 4.69) is 6.58 Å². The maximum atomic E-state index is 9.30. The van der Waals surface area contributed by atoms with E-state index >= 15 is 0 Å². The third-order valence-electron chi connectivity index (χ3n) is 0.151. The molecule has 1 amide bonds. The van der Waals surface area contributed by atoms with Gasteiger partial charge in [0.05, 0.1) is 0 Å². The summed E-state index contributed by atoms with van der Waals surface area (Å²) < 4.78 is 0. The minimum absolute atomic E-state index is 0. The van der Waals surface area contributed by atoms with Crippen molar-refractivity contribution in [1.29, 1.82) is 0 Å². The van der Waals surface area contributed by atoms with Crippen molar-refractivity contribution in [3.8, 4) is 0 Å². The van der Waals surface area contributed by atoms with Gasteiger partial charge in [0, 0.05) is 32.7 Å². The average molecular weight is 158 g/mol. The summed E-state index contributed by atoms with van der Waals surface area (Å²) in [4.78, 5) is 9.30. The van der Waals surface area contributed by atoms with Gasteiger partial charge in [-0.2, -0.15) is 0 Å². The van der Waals surface area contributed by atoms with E-state index in [1.165, 1.54) is 0 Å². The Morgan fingerprint density at radius 2 is 2.00 bits per heavy atom. The fraction of sp³-hybridized carbons (Fsp3) is 0. The van der Waals surface area contributed by atoms with Crippen LogP contribution in [0.4, 0.5) is 0 Å². The summed E-state index contributed by atoms with van der Waals surface area (Å²) in [6.45, 7) is 4.51. The van der Waals surface area contributed by atoms with Gasteiger partial charge in [-0.3, -0.25) is 6.58 Å². The molecular weight excluding hydrogens is 155 g/mol. The van der Waals surface area contributed by atoms with Crippen molar-refractivity contribution < 1.29 is 37.5 Å². The molecule has 1 radical (unpaired) electrons. The molecule has 0 rings (SSSR count). The summed E-state index contributed by atoms with van der Waals surface area (Å²) in [6, 6.07) is 0. The summed E-state index contributed by atoms with van der Waals surface area (Å²) in [5.74, 6) is -0.843. The van der Waals surface area contributed by atoms with E-state index < -0.39 is 5.91 Å². The summed E-state index contributed by atoms with van der Waals surface area (Å²) in [7, 11) is 0. The normalized spacial score (nSPS) is 5.33. The maximum absolute atomic E-state index is 9.30. The van der Waals surface area contributed by atoms with Crippen molar-refractivity contribution in [2.45, 2.75) is 0 Å². The molecule has 0 saturated carbocycles. The van der Waals surface area contributed by atoms with Gasteiger partial charge >= 0.3 is 0 Å². The summed E-state index contributed by atoms with van der Waals surface area (Å²) >= 11 is 0. The fourth-order valence-corrected chi connectivity index (χ4v) is 0. The van der Waals surface area contributed by atoms with Crippen LogP contribution in [0.3, 0.4) is 0 Å². The molecule has 0 atom stereocenters. The molecule has 0 aromatic carbocycles. The van der Waals surface area contributed by atoms with Gasteiger partial charge in [0.25, 0.3) is 0 Å². The van der Waals surface area contributed by atoms with Crippen LogP contribution in [0.25, 0.3) is 5.73 Å². The molecular formula is C3H3NOY-2. The molecule has 0 aromatic rings. The first-order valence-corrected chi connectivity index (χ1v) is 1.08. The molecule has 0 unspecified atom stereocenters. The first-order valence-electron chi connectivity index (χ1n) is 1.08. The van der Waals surface area contributed by atoms with E-state index in [-0.39, 0.29) is 32.7 Å². The third-order valence-corrected chi connectivity index (χ3v) is 0.151. The SMILES string of the molecule is [CH-]=CC([NH-])=O.[Y]. The van der Waals surface area contributed by atoms with Gasteiger partial charge < -0.3 is 10.5 Å². The predicted octanol–water partition coefficient (Wildman–Crippen LogP) is 0.552. The minimum Gasteiger partial charge on any atom is -0.752 e. The van der Waals surface area contributed by atoms with Crippen LogP contribution in [-0.2, 0) is 37.5 Å². The number of hydrogen-bond donors (Lipinski definition) is 0. The van der Waals surface area contributed by atoms with E-state index in [1.54, 1.807) is 0 Å². The molecule has 0 spiro atoms. The zero-order chi connectivity index (χ0) is 4.28. The van der Waals surface area contributed by atoms with Crippen LogP contribution in [0.15, 0.2) is 6.08 Å². The standard InChI is InChI=1S/C3H4NO.Y/c1-2-3(4)5;/h1-2H,(H2,4,5);/q-1;/p-1.